The van der Waals surface area contributed by atoms with Gasteiger partial charge in [0.25, 0.3) is 0 Å². The van der Waals surface area contributed by atoms with Gasteiger partial charge in [-0.2, -0.15) is 0 Å². The molecule has 0 unspecified atom stereocenters. The van der Waals surface area contributed by atoms with Crippen LogP contribution in [-0.2, 0) is 19.3 Å². The summed E-state index contributed by atoms with van der Waals surface area (Å²) in [4.78, 5) is 2.47. The van der Waals surface area contributed by atoms with Gasteiger partial charge in [0.1, 0.15) is 5.75 Å². The van der Waals surface area contributed by atoms with Gasteiger partial charge in [0.15, 0.2) is 11.5 Å². The van der Waals surface area contributed by atoms with Gasteiger partial charge in [0.05, 0.1) is 14.2 Å². The Hall–Kier alpha value is -2.69. The van der Waals surface area contributed by atoms with Crippen LogP contribution in [0.25, 0.3) is 11.1 Å². The summed E-state index contributed by atoms with van der Waals surface area (Å²) in [6.07, 6.45) is 3.88. The summed E-state index contributed by atoms with van der Waals surface area (Å²) in [5.41, 5.74) is 5.61. The Morgan fingerprint density at radius 2 is 1.72 bits per heavy atom. The number of phenolic OH excluding ortho intramolecular Hbond substituents is 1. The molecule has 0 bridgehead atoms. The lowest BCUT2D eigenvalue weighted by atomic mass is 9.89. The van der Waals surface area contributed by atoms with Gasteiger partial charge >= 0.3 is 0 Å². The second kappa shape index (κ2) is 10.8. The lowest BCUT2D eigenvalue weighted by Crippen LogP contribution is -2.35. The molecule has 32 heavy (non-hydrogen) atoms. The highest BCUT2D eigenvalue weighted by atomic mass is 35.5. The molecule has 4 rings (SSSR count). The molecule has 5 heteroatoms. The van der Waals surface area contributed by atoms with Crippen molar-refractivity contribution in [1.29, 1.82) is 0 Å². The fraction of sp³-hybridized carbons (Fsp3) is 0.333. The predicted molar refractivity (Wildman–Crippen MR) is 132 cm³/mol. The normalized spacial score (nSPS) is 15.9. The lowest BCUT2D eigenvalue weighted by Gasteiger charge is -2.28. The molecule has 1 aliphatic rings. The van der Waals surface area contributed by atoms with Crippen molar-refractivity contribution < 1.29 is 14.6 Å². The molecule has 0 saturated heterocycles. The number of aromatic hydroxyl groups is 1. The first kappa shape index (κ1) is 24.0. The van der Waals surface area contributed by atoms with E-state index < -0.39 is 0 Å². The van der Waals surface area contributed by atoms with Crippen molar-refractivity contribution in [3.05, 3.63) is 77.4 Å². The number of hydrogen-bond acceptors (Lipinski definition) is 4. The minimum Gasteiger partial charge on any atom is -0.504 e. The van der Waals surface area contributed by atoms with Crippen molar-refractivity contribution in [1.82, 2.24) is 4.90 Å². The molecule has 1 aliphatic heterocycles. The Morgan fingerprint density at radius 1 is 0.969 bits per heavy atom. The molecule has 3 aromatic rings. The number of phenols is 1. The van der Waals surface area contributed by atoms with Crippen molar-refractivity contribution in [2.24, 2.45) is 0 Å². The minimum absolute atomic E-state index is 0. The molecule has 0 radical (unpaired) electrons. The van der Waals surface area contributed by atoms with Crippen molar-refractivity contribution in [2.75, 3.05) is 27.8 Å². The van der Waals surface area contributed by atoms with Crippen molar-refractivity contribution >= 4 is 12.4 Å². The molecule has 1 N–H and O–H groups in total. The zero-order chi connectivity index (χ0) is 21.8. The van der Waals surface area contributed by atoms with Crippen molar-refractivity contribution in [2.45, 2.75) is 31.7 Å². The summed E-state index contributed by atoms with van der Waals surface area (Å²) in [5.74, 6) is 1.50. The van der Waals surface area contributed by atoms with Crippen LogP contribution in [0.1, 0.15) is 23.1 Å². The Balaban J connectivity index is 0.00000289. The predicted octanol–water partition coefficient (Wildman–Crippen LogP) is 5.53. The third-order valence-electron chi connectivity index (χ3n) is 6.46. The molecule has 1 heterocycles. The Morgan fingerprint density at radius 3 is 2.44 bits per heavy atom. The molecule has 0 spiro atoms. The summed E-state index contributed by atoms with van der Waals surface area (Å²) in [7, 11) is 5.49. The molecule has 3 aromatic carbocycles. The van der Waals surface area contributed by atoms with E-state index in [-0.39, 0.29) is 18.2 Å². The molecule has 170 valence electrons. The Kier molecular flexibility index (Phi) is 8.05. The molecule has 4 nitrogen and oxygen atoms in total. The largest absolute Gasteiger partial charge is 0.504 e. The number of aryl methyl sites for hydroxylation is 1. The molecular weight excluding hydrogens is 422 g/mol. The van der Waals surface area contributed by atoms with Gasteiger partial charge in [-0.05, 0) is 73.2 Å². The van der Waals surface area contributed by atoms with Crippen molar-refractivity contribution in [3.8, 4) is 28.4 Å². The third-order valence-corrected chi connectivity index (χ3v) is 6.46. The van der Waals surface area contributed by atoms with E-state index in [1.54, 1.807) is 14.2 Å². The maximum atomic E-state index is 11.1. The molecule has 0 saturated carbocycles. The smallest absolute Gasteiger partial charge is 0.165 e. The highest BCUT2D eigenvalue weighted by molar-refractivity contribution is 5.85. The number of benzene rings is 3. The van der Waals surface area contributed by atoms with Crippen LogP contribution in [0.5, 0.6) is 17.2 Å². The molecule has 0 aliphatic carbocycles. The van der Waals surface area contributed by atoms with E-state index in [0.29, 0.717) is 11.8 Å². The van der Waals surface area contributed by atoms with Gasteiger partial charge in [-0.15, -0.1) is 12.4 Å². The topological polar surface area (TPSA) is 41.9 Å². The zero-order valence-electron chi connectivity index (χ0n) is 19.0. The second-order valence-corrected chi connectivity index (χ2v) is 8.29. The van der Waals surface area contributed by atoms with Gasteiger partial charge in [-0.1, -0.05) is 42.5 Å². The first-order chi connectivity index (χ1) is 15.1. The van der Waals surface area contributed by atoms with Crippen LogP contribution in [0.4, 0.5) is 0 Å². The lowest BCUT2D eigenvalue weighted by molar-refractivity contribution is 0.232. The summed E-state index contributed by atoms with van der Waals surface area (Å²) < 4.78 is 10.9. The Labute approximate surface area is 197 Å². The van der Waals surface area contributed by atoms with Gasteiger partial charge < -0.3 is 19.5 Å². The summed E-state index contributed by atoms with van der Waals surface area (Å²) in [5, 5.41) is 11.1. The van der Waals surface area contributed by atoms with E-state index in [1.165, 1.54) is 11.1 Å². The molecule has 0 amide bonds. The van der Waals surface area contributed by atoms with Gasteiger partial charge in [-0.3, -0.25) is 0 Å². The van der Waals surface area contributed by atoms with Crippen LogP contribution in [0.15, 0.2) is 60.7 Å². The fourth-order valence-electron chi connectivity index (χ4n) is 4.57. The van der Waals surface area contributed by atoms with Crippen LogP contribution < -0.4 is 9.47 Å². The van der Waals surface area contributed by atoms with Crippen LogP contribution in [0.3, 0.4) is 0 Å². The number of likely N-dealkylation sites (N-methyl/N-ethyl adjacent to an activating group) is 1. The summed E-state index contributed by atoms with van der Waals surface area (Å²) in [6, 6.07) is 21.2. The van der Waals surface area contributed by atoms with E-state index in [4.69, 9.17) is 9.47 Å². The second-order valence-electron chi connectivity index (χ2n) is 8.29. The first-order valence-electron chi connectivity index (χ1n) is 10.9. The summed E-state index contributed by atoms with van der Waals surface area (Å²) >= 11 is 0. The van der Waals surface area contributed by atoms with Gasteiger partial charge in [0, 0.05) is 18.2 Å². The van der Waals surface area contributed by atoms with Crippen molar-refractivity contribution in [3.63, 3.8) is 0 Å². The average Bonchev–Trinajstić information content (AvgIpc) is 2.86. The number of halogens is 1. The molecule has 1 atom stereocenters. The minimum atomic E-state index is 0. The van der Waals surface area contributed by atoms with Gasteiger partial charge in [0.2, 0.25) is 0 Å². The first-order valence-corrected chi connectivity index (χ1v) is 10.9. The zero-order valence-corrected chi connectivity index (χ0v) is 19.8. The number of fused-ring (bicyclic) bond motifs is 3. The molecular formula is C27H32ClNO3. The quantitative estimate of drug-likeness (QED) is 0.551. The van der Waals surface area contributed by atoms with Gasteiger partial charge in [-0.25, -0.2) is 0 Å². The summed E-state index contributed by atoms with van der Waals surface area (Å²) in [6.45, 7) is 0.963. The maximum Gasteiger partial charge on any atom is 0.165 e. The average molecular weight is 454 g/mol. The third kappa shape index (κ3) is 5.03. The van der Waals surface area contributed by atoms with Crippen LogP contribution in [0.2, 0.25) is 0 Å². The molecule has 0 fully saturated rings. The molecule has 0 aromatic heterocycles. The highest BCUT2D eigenvalue weighted by Gasteiger charge is 2.25. The maximum absolute atomic E-state index is 11.1. The van der Waals surface area contributed by atoms with E-state index in [9.17, 15) is 5.11 Å². The standard InChI is InChI=1S/C27H31NO3.ClH/c1-28-16-15-20-10-13-23(30-2)18-24(20)26-21(11-14-25(31-3)27(26)29)17-22(28)12-9-19-7-5-4-6-8-19;/h4-8,10-11,13-14,18,22,29H,9,12,15-17H2,1-3H3;1H/t22-;/m0./s1. The van der Waals surface area contributed by atoms with Crippen LogP contribution >= 0.6 is 12.4 Å². The van der Waals surface area contributed by atoms with E-state index in [1.807, 2.05) is 18.2 Å². The monoisotopic (exact) mass is 453 g/mol. The number of methoxy groups -OCH3 is 2. The van der Waals surface area contributed by atoms with E-state index in [0.717, 1.165) is 54.7 Å². The SMILES string of the molecule is COc1ccc2c(c1)-c1c(ccc(OC)c1O)C[C@H](CCc1ccccc1)N(C)CC2.Cl. The number of hydrogen-bond donors (Lipinski definition) is 1. The van der Waals surface area contributed by atoms with Crippen LogP contribution in [0, 0.1) is 0 Å². The Bertz CT molecular complexity index is 1040. The van der Waals surface area contributed by atoms with E-state index >= 15 is 0 Å². The fourth-order valence-corrected chi connectivity index (χ4v) is 4.57. The van der Waals surface area contributed by atoms with E-state index in [2.05, 4.69) is 54.4 Å². The highest BCUT2D eigenvalue weighted by Crippen LogP contribution is 2.43. The van der Waals surface area contributed by atoms with Crippen LogP contribution in [-0.4, -0.2) is 43.9 Å². The number of ether oxygens (including phenoxy) is 2. The number of rotatable bonds is 5. The number of nitrogens with zero attached hydrogens (tertiary/aromatic N) is 1.